The van der Waals surface area contributed by atoms with Crippen molar-refractivity contribution in [3.8, 4) is 0 Å². The van der Waals surface area contributed by atoms with Crippen LogP contribution in [0.2, 0.25) is 0 Å². The first-order valence-corrected chi connectivity index (χ1v) is 10.7. The third-order valence-electron chi connectivity index (χ3n) is 5.70. The zero-order chi connectivity index (χ0) is 18.0. The number of aryl methyl sites for hydroxylation is 2. The van der Waals surface area contributed by atoms with Crippen molar-refractivity contribution in [2.45, 2.75) is 50.8 Å². The fraction of sp³-hybridized carbons (Fsp3) is 0.632. The van der Waals surface area contributed by atoms with Crippen LogP contribution in [0, 0.1) is 31.6 Å². The first kappa shape index (κ1) is 18.4. The van der Waals surface area contributed by atoms with Crippen molar-refractivity contribution >= 4 is 15.9 Å². The summed E-state index contributed by atoms with van der Waals surface area (Å²) in [5.41, 5.74) is 1.63. The van der Waals surface area contributed by atoms with E-state index in [1.54, 1.807) is 19.1 Å². The lowest BCUT2D eigenvalue weighted by Crippen LogP contribution is -2.35. The SMILES string of the molecule is Cc1ccc(C)c(S(=O)(=O)NCCNC(=O)CC2CC3CCC2C3)c1. The first-order valence-electron chi connectivity index (χ1n) is 9.19. The quantitative estimate of drug-likeness (QED) is 0.730. The maximum atomic E-state index is 12.4. The Morgan fingerprint density at radius 1 is 1.16 bits per heavy atom. The van der Waals surface area contributed by atoms with Gasteiger partial charge in [-0.25, -0.2) is 13.1 Å². The number of sulfonamides is 1. The molecule has 138 valence electrons. The van der Waals surface area contributed by atoms with Gasteiger partial charge in [0.25, 0.3) is 0 Å². The summed E-state index contributed by atoms with van der Waals surface area (Å²) in [6.45, 7) is 4.18. The van der Waals surface area contributed by atoms with Crippen molar-refractivity contribution < 1.29 is 13.2 Å². The second-order valence-corrected chi connectivity index (χ2v) is 9.39. The molecule has 2 saturated carbocycles. The second kappa shape index (κ2) is 7.46. The molecule has 1 amide bonds. The Labute approximate surface area is 150 Å². The van der Waals surface area contributed by atoms with Gasteiger partial charge in [0.2, 0.25) is 15.9 Å². The average Bonchev–Trinajstić information content (AvgIpc) is 3.16. The summed E-state index contributed by atoms with van der Waals surface area (Å²) >= 11 is 0. The Bertz CT molecular complexity index is 745. The van der Waals surface area contributed by atoms with Crippen LogP contribution in [0.5, 0.6) is 0 Å². The summed E-state index contributed by atoms with van der Waals surface area (Å²) < 4.78 is 27.4. The number of fused-ring (bicyclic) bond motifs is 2. The van der Waals surface area contributed by atoms with Gasteiger partial charge in [-0.3, -0.25) is 4.79 Å². The summed E-state index contributed by atoms with van der Waals surface area (Å²) in [5.74, 6) is 2.15. The molecule has 0 spiro atoms. The standard InChI is InChI=1S/C19H28N2O3S/c1-13-3-4-14(2)18(9-13)25(23,24)21-8-7-20-19(22)12-17-11-15-5-6-16(17)10-15/h3-4,9,15-17,21H,5-8,10-12H2,1-2H3,(H,20,22). The number of carbonyl (C=O) groups is 1. The molecule has 0 aromatic heterocycles. The van der Waals surface area contributed by atoms with E-state index < -0.39 is 10.0 Å². The summed E-state index contributed by atoms with van der Waals surface area (Å²) in [4.78, 5) is 12.4. The molecule has 2 bridgehead atoms. The van der Waals surface area contributed by atoms with Gasteiger partial charge in [0.15, 0.2) is 0 Å². The smallest absolute Gasteiger partial charge is 0.240 e. The number of nitrogens with one attached hydrogen (secondary N) is 2. The van der Waals surface area contributed by atoms with Gasteiger partial charge in [0, 0.05) is 19.5 Å². The largest absolute Gasteiger partial charge is 0.355 e. The van der Waals surface area contributed by atoms with Crippen molar-refractivity contribution in [2.24, 2.45) is 17.8 Å². The molecule has 25 heavy (non-hydrogen) atoms. The fourth-order valence-electron chi connectivity index (χ4n) is 4.40. The van der Waals surface area contributed by atoms with Crippen LogP contribution < -0.4 is 10.0 Å². The van der Waals surface area contributed by atoms with Crippen LogP contribution in [0.1, 0.15) is 43.2 Å². The molecule has 5 nitrogen and oxygen atoms in total. The zero-order valence-corrected chi connectivity index (χ0v) is 15.9. The number of carbonyl (C=O) groups excluding carboxylic acids is 1. The molecule has 0 heterocycles. The molecule has 1 aromatic carbocycles. The maximum Gasteiger partial charge on any atom is 0.240 e. The predicted molar refractivity (Wildman–Crippen MR) is 97.7 cm³/mol. The van der Waals surface area contributed by atoms with Gasteiger partial charge < -0.3 is 5.32 Å². The van der Waals surface area contributed by atoms with Crippen molar-refractivity contribution in [1.29, 1.82) is 0 Å². The fourth-order valence-corrected chi connectivity index (χ4v) is 5.76. The predicted octanol–water partition coefficient (Wildman–Crippen LogP) is 2.52. The van der Waals surface area contributed by atoms with Gasteiger partial charge in [-0.1, -0.05) is 18.6 Å². The molecule has 0 aliphatic heterocycles. The molecule has 3 atom stereocenters. The van der Waals surface area contributed by atoms with Crippen LogP contribution >= 0.6 is 0 Å². The first-order chi connectivity index (χ1) is 11.8. The molecule has 6 heteroatoms. The number of benzene rings is 1. The Morgan fingerprint density at radius 3 is 2.64 bits per heavy atom. The molecule has 2 aliphatic rings. The molecule has 0 saturated heterocycles. The van der Waals surface area contributed by atoms with Gasteiger partial charge in [0.05, 0.1) is 4.90 Å². The molecule has 2 N–H and O–H groups in total. The van der Waals surface area contributed by atoms with Crippen molar-refractivity contribution in [1.82, 2.24) is 10.0 Å². The summed E-state index contributed by atoms with van der Waals surface area (Å²) in [7, 11) is -3.54. The lowest BCUT2D eigenvalue weighted by molar-refractivity contribution is -0.122. The average molecular weight is 365 g/mol. The highest BCUT2D eigenvalue weighted by molar-refractivity contribution is 7.89. The minimum Gasteiger partial charge on any atom is -0.355 e. The van der Waals surface area contributed by atoms with Gasteiger partial charge in [-0.2, -0.15) is 0 Å². The zero-order valence-electron chi connectivity index (χ0n) is 15.0. The molecule has 2 fully saturated rings. The third-order valence-corrected chi connectivity index (χ3v) is 7.31. The monoisotopic (exact) mass is 364 g/mol. The highest BCUT2D eigenvalue weighted by atomic mass is 32.2. The van der Waals surface area contributed by atoms with Crippen molar-refractivity contribution in [3.63, 3.8) is 0 Å². The van der Waals surface area contributed by atoms with E-state index >= 15 is 0 Å². The van der Waals surface area contributed by atoms with Crippen LogP contribution in [0.4, 0.5) is 0 Å². The molecule has 1 aromatic rings. The second-order valence-electron chi connectivity index (χ2n) is 7.66. The third kappa shape index (κ3) is 4.42. The molecular formula is C19H28N2O3S. The Balaban J connectivity index is 1.43. The Hall–Kier alpha value is -1.40. The van der Waals surface area contributed by atoms with Crippen LogP contribution in [-0.4, -0.2) is 27.4 Å². The number of rotatable bonds is 7. The minimum atomic E-state index is -3.54. The molecule has 0 radical (unpaired) electrons. The number of hydrogen-bond acceptors (Lipinski definition) is 3. The van der Waals surface area contributed by atoms with Crippen LogP contribution in [0.25, 0.3) is 0 Å². The maximum absolute atomic E-state index is 12.4. The summed E-state index contributed by atoms with van der Waals surface area (Å²) in [6.07, 6.45) is 5.69. The van der Waals surface area contributed by atoms with E-state index in [4.69, 9.17) is 0 Å². The lowest BCUT2D eigenvalue weighted by Gasteiger charge is -2.20. The van der Waals surface area contributed by atoms with Crippen LogP contribution in [0.15, 0.2) is 23.1 Å². The number of hydrogen-bond donors (Lipinski definition) is 2. The molecule has 3 unspecified atom stereocenters. The van der Waals surface area contributed by atoms with E-state index in [-0.39, 0.29) is 12.5 Å². The summed E-state index contributed by atoms with van der Waals surface area (Å²) in [5, 5.41) is 2.85. The van der Waals surface area contributed by atoms with Crippen molar-refractivity contribution in [2.75, 3.05) is 13.1 Å². The molecule has 2 aliphatic carbocycles. The van der Waals surface area contributed by atoms with E-state index in [0.29, 0.717) is 23.8 Å². The van der Waals surface area contributed by atoms with Gasteiger partial charge in [-0.15, -0.1) is 0 Å². The molecular weight excluding hydrogens is 336 g/mol. The van der Waals surface area contributed by atoms with Gasteiger partial charge in [0.1, 0.15) is 0 Å². The van der Waals surface area contributed by atoms with Crippen LogP contribution in [-0.2, 0) is 14.8 Å². The van der Waals surface area contributed by atoms with E-state index in [9.17, 15) is 13.2 Å². The van der Waals surface area contributed by atoms with Gasteiger partial charge in [-0.05, 0) is 68.1 Å². The van der Waals surface area contributed by atoms with Gasteiger partial charge >= 0.3 is 0 Å². The van der Waals surface area contributed by atoms with Crippen LogP contribution in [0.3, 0.4) is 0 Å². The lowest BCUT2D eigenvalue weighted by atomic mass is 9.86. The van der Waals surface area contributed by atoms with E-state index in [0.717, 1.165) is 23.0 Å². The Kier molecular flexibility index (Phi) is 5.49. The Morgan fingerprint density at radius 2 is 1.96 bits per heavy atom. The van der Waals surface area contributed by atoms with E-state index in [2.05, 4.69) is 10.0 Å². The van der Waals surface area contributed by atoms with Crippen molar-refractivity contribution in [3.05, 3.63) is 29.3 Å². The highest BCUT2D eigenvalue weighted by Crippen LogP contribution is 2.49. The normalized spacial score (nSPS) is 25.3. The minimum absolute atomic E-state index is 0.0449. The molecule has 3 rings (SSSR count). The summed E-state index contributed by atoms with van der Waals surface area (Å²) in [6, 6.07) is 5.37. The highest BCUT2D eigenvalue weighted by Gasteiger charge is 2.39. The topological polar surface area (TPSA) is 75.3 Å². The number of amides is 1. The van der Waals surface area contributed by atoms with E-state index in [1.807, 2.05) is 13.0 Å². The van der Waals surface area contributed by atoms with E-state index in [1.165, 1.54) is 25.7 Å².